The summed E-state index contributed by atoms with van der Waals surface area (Å²) in [6, 6.07) is 9.68. The molecule has 3 aromatic rings. The number of aromatic nitrogens is 2. The molecule has 0 unspecified atom stereocenters. The van der Waals surface area contributed by atoms with Crippen LogP contribution in [0.25, 0.3) is 0 Å². The first-order valence-corrected chi connectivity index (χ1v) is 9.84. The number of nitrogens with one attached hydrogen (secondary N) is 2. The van der Waals surface area contributed by atoms with E-state index in [0.717, 1.165) is 10.9 Å². The predicted molar refractivity (Wildman–Crippen MR) is 109 cm³/mol. The number of anilines is 1. The van der Waals surface area contributed by atoms with Crippen molar-refractivity contribution in [2.45, 2.75) is 31.2 Å². The monoisotopic (exact) mass is 448 g/mol. The van der Waals surface area contributed by atoms with Gasteiger partial charge in [-0.2, -0.15) is 18.3 Å². The molecule has 4 rings (SSSR count). The van der Waals surface area contributed by atoms with E-state index in [1.54, 1.807) is 24.3 Å². The summed E-state index contributed by atoms with van der Waals surface area (Å²) in [6.45, 7) is 0.0857. The summed E-state index contributed by atoms with van der Waals surface area (Å²) >= 11 is 0. The van der Waals surface area contributed by atoms with Crippen LogP contribution in [0.1, 0.15) is 40.0 Å². The standard InChI is InChI=1S/C22H20F4N4O2/c1-32-18-5-3-2-4-15(18)17-10-19(22(24,25)26)30-20(29-17)16(12-28-30)21(31)27-11-13-6-8-14(23)9-7-13/h2-9,12,17,19,29H,10-11H2,1H3,(H,27,31)/t17-,19-/m0/s1. The zero-order valence-electron chi connectivity index (χ0n) is 17.0. The van der Waals surface area contributed by atoms with Crippen molar-refractivity contribution in [2.75, 3.05) is 12.4 Å². The lowest BCUT2D eigenvalue weighted by molar-refractivity contribution is -0.173. The third-order valence-corrected chi connectivity index (χ3v) is 5.36. The van der Waals surface area contributed by atoms with Crippen molar-refractivity contribution in [3.63, 3.8) is 0 Å². The molecule has 6 nitrogen and oxygen atoms in total. The highest BCUT2D eigenvalue weighted by Crippen LogP contribution is 2.45. The van der Waals surface area contributed by atoms with Gasteiger partial charge in [-0.1, -0.05) is 30.3 Å². The Morgan fingerprint density at radius 2 is 1.94 bits per heavy atom. The second-order valence-electron chi connectivity index (χ2n) is 7.39. The van der Waals surface area contributed by atoms with E-state index in [1.807, 2.05) is 0 Å². The minimum absolute atomic E-state index is 0.0130. The first-order valence-electron chi connectivity index (χ1n) is 9.84. The Labute approximate surface area is 181 Å². The molecule has 0 radical (unpaired) electrons. The number of para-hydroxylation sites is 1. The Kier molecular flexibility index (Phi) is 5.77. The van der Waals surface area contributed by atoms with Gasteiger partial charge in [-0.3, -0.25) is 4.79 Å². The van der Waals surface area contributed by atoms with Crippen LogP contribution in [0.5, 0.6) is 5.75 Å². The van der Waals surface area contributed by atoms with Crippen LogP contribution >= 0.6 is 0 Å². The third-order valence-electron chi connectivity index (χ3n) is 5.36. The number of carbonyl (C=O) groups excluding carboxylic acids is 1. The number of methoxy groups -OCH3 is 1. The van der Waals surface area contributed by atoms with Gasteiger partial charge in [-0.25, -0.2) is 9.07 Å². The van der Waals surface area contributed by atoms with Crippen LogP contribution in [0.15, 0.2) is 54.7 Å². The number of carbonyl (C=O) groups is 1. The molecule has 1 aliphatic heterocycles. The van der Waals surface area contributed by atoms with Crippen molar-refractivity contribution in [1.29, 1.82) is 0 Å². The molecule has 168 valence electrons. The Hall–Kier alpha value is -3.56. The lowest BCUT2D eigenvalue weighted by atomic mass is 9.95. The summed E-state index contributed by atoms with van der Waals surface area (Å²) in [5, 5.41) is 9.53. The van der Waals surface area contributed by atoms with Crippen molar-refractivity contribution in [1.82, 2.24) is 15.1 Å². The SMILES string of the molecule is COc1ccccc1[C@@H]1C[C@@H](C(F)(F)F)n2ncc(C(=O)NCc3ccc(F)cc3)c2N1. The molecular weight excluding hydrogens is 428 g/mol. The van der Waals surface area contributed by atoms with Crippen LogP contribution in [0, 0.1) is 5.82 Å². The molecule has 1 aliphatic rings. The quantitative estimate of drug-likeness (QED) is 0.559. The first-order chi connectivity index (χ1) is 15.3. The van der Waals surface area contributed by atoms with Gasteiger partial charge in [-0.05, 0) is 23.8 Å². The van der Waals surface area contributed by atoms with E-state index in [0.29, 0.717) is 16.9 Å². The van der Waals surface area contributed by atoms with Gasteiger partial charge in [0, 0.05) is 18.5 Å². The molecule has 2 atom stereocenters. The maximum atomic E-state index is 13.9. The highest BCUT2D eigenvalue weighted by Gasteiger charge is 2.47. The molecule has 0 bridgehead atoms. The van der Waals surface area contributed by atoms with Gasteiger partial charge >= 0.3 is 6.18 Å². The van der Waals surface area contributed by atoms with Crippen LogP contribution in [-0.4, -0.2) is 29.0 Å². The molecule has 10 heteroatoms. The second kappa shape index (κ2) is 8.52. The number of benzene rings is 2. The fourth-order valence-electron chi connectivity index (χ4n) is 3.77. The van der Waals surface area contributed by atoms with Crippen LogP contribution in [0.4, 0.5) is 23.4 Å². The predicted octanol–water partition coefficient (Wildman–Crippen LogP) is 4.62. The molecule has 0 saturated carbocycles. The van der Waals surface area contributed by atoms with Crippen LogP contribution in [0.2, 0.25) is 0 Å². The Bertz CT molecular complexity index is 1110. The second-order valence-corrected chi connectivity index (χ2v) is 7.39. The number of rotatable bonds is 5. The number of halogens is 4. The average molecular weight is 448 g/mol. The molecule has 2 N–H and O–H groups in total. The van der Waals surface area contributed by atoms with Crippen molar-refractivity contribution in [3.8, 4) is 5.75 Å². The molecule has 2 heterocycles. The summed E-state index contributed by atoms with van der Waals surface area (Å²) < 4.78 is 60.7. The number of hydrogen-bond acceptors (Lipinski definition) is 4. The van der Waals surface area contributed by atoms with Gasteiger partial charge < -0.3 is 15.4 Å². The number of ether oxygens (including phenoxy) is 1. The summed E-state index contributed by atoms with van der Waals surface area (Å²) in [4.78, 5) is 12.8. The summed E-state index contributed by atoms with van der Waals surface area (Å²) in [5.74, 6) is -0.576. The van der Waals surface area contributed by atoms with Crippen LogP contribution in [-0.2, 0) is 6.54 Å². The minimum Gasteiger partial charge on any atom is -0.496 e. The Morgan fingerprint density at radius 3 is 2.62 bits per heavy atom. The number of amides is 1. The van der Waals surface area contributed by atoms with Crippen molar-refractivity contribution in [3.05, 3.63) is 77.2 Å². The molecule has 1 aromatic heterocycles. The molecule has 0 saturated heterocycles. The fourth-order valence-corrected chi connectivity index (χ4v) is 3.77. The average Bonchev–Trinajstić information content (AvgIpc) is 3.21. The maximum absolute atomic E-state index is 13.9. The van der Waals surface area contributed by atoms with E-state index in [2.05, 4.69) is 15.7 Å². The highest BCUT2D eigenvalue weighted by atomic mass is 19.4. The van der Waals surface area contributed by atoms with Gasteiger partial charge in [0.1, 0.15) is 22.9 Å². The molecule has 32 heavy (non-hydrogen) atoms. The lowest BCUT2D eigenvalue weighted by Crippen LogP contribution is -2.36. The first kappa shape index (κ1) is 21.7. The van der Waals surface area contributed by atoms with E-state index in [1.165, 1.54) is 31.4 Å². The fraction of sp³-hybridized carbons (Fsp3) is 0.273. The highest BCUT2D eigenvalue weighted by molar-refractivity contribution is 5.98. The van der Waals surface area contributed by atoms with Gasteiger partial charge in [0.25, 0.3) is 5.91 Å². The van der Waals surface area contributed by atoms with Crippen LogP contribution < -0.4 is 15.4 Å². The minimum atomic E-state index is -4.56. The van der Waals surface area contributed by atoms with Gasteiger partial charge in [0.05, 0.1) is 19.3 Å². The molecule has 1 amide bonds. The Morgan fingerprint density at radius 1 is 1.22 bits per heavy atom. The van der Waals surface area contributed by atoms with E-state index >= 15 is 0 Å². The number of fused-ring (bicyclic) bond motifs is 1. The molecule has 0 aliphatic carbocycles. The van der Waals surface area contributed by atoms with E-state index < -0.39 is 30.0 Å². The molecular formula is C22H20F4N4O2. The van der Waals surface area contributed by atoms with Gasteiger partial charge in [-0.15, -0.1) is 0 Å². The number of alkyl halides is 3. The van der Waals surface area contributed by atoms with Gasteiger partial charge in [0.2, 0.25) is 0 Å². The number of hydrogen-bond donors (Lipinski definition) is 2. The molecule has 0 fully saturated rings. The maximum Gasteiger partial charge on any atom is 0.410 e. The largest absolute Gasteiger partial charge is 0.496 e. The van der Waals surface area contributed by atoms with Crippen molar-refractivity contribution >= 4 is 11.7 Å². The zero-order chi connectivity index (χ0) is 22.9. The van der Waals surface area contributed by atoms with Gasteiger partial charge in [0.15, 0.2) is 6.04 Å². The van der Waals surface area contributed by atoms with E-state index in [9.17, 15) is 22.4 Å². The third kappa shape index (κ3) is 4.25. The summed E-state index contributed by atoms with van der Waals surface area (Å²) in [7, 11) is 1.45. The Balaban J connectivity index is 1.63. The smallest absolute Gasteiger partial charge is 0.410 e. The topological polar surface area (TPSA) is 68.2 Å². The van der Waals surface area contributed by atoms with E-state index in [-0.39, 0.29) is 24.3 Å². The summed E-state index contributed by atoms with van der Waals surface area (Å²) in [5.41, 5.74) is 1.18. The van der Waals surface area contributed by atoms with E-state index in [4.69, 9.17) is 4.74 Å². The zero-order valence-corrected chi connectivity index (χ0v) is 17.0. The normalized spacial score (nSPS) is 17.9. The van der Waals surface area contributed by atoms with Crippen LogP contribution in [0.3, 0.4) is 0 Å². The summed E-state index contributed by atoms with van der Waals surface area (Å²) in [6.07, 6.45) is -3.76. The number of nitrogens with zero attached hydrogens (tertiary/aromatic N) is 2. The molecule has 0 spiro atoms. The van der Waals surface area contributed by atoms with Crippen molar-refractivity contribution < 1.29 is 27.1 Å². The molecule has 2 aromatic carbocycles. The van der Waals surface area contributed by atoms with Crippen molar-refractivity contribution in [2.24, 2.45) is 0 Å². The lowest BCUT2D eigenvalue weighted by Gasteiger charge is -2.34.